The molecule has 1 aromatic heterocycles. The number of amides is 3. The van der Waals surface area contributed by atoms with E-state index in [1.54, 1.807) is 49.8 Å². The summed E-state index contributed by atoms with van der Waals surface area (Å²) in [7, 11) is 1.59. The minimum Gasteiger partial charge on any atom is -0.497 e. The van der Waals surface area contributed by atoms with Crippen molar-refractivity contribution in [2.24, 2.45) is 0 Å². The molecule has 1 heterocycles. The first kappa shape index (κ1) is 20.6. The van der Waals surface area contributed by atoms with E-state index in [-0.39, 0.29) is 11.9 Å². The van der Waals surface area contributed by atoms with E-state index in [0.717, 1.165) is 16.9 Å². The third-order valence-corrected chi connectivity index (χ3v) is 4.11. The van der Waals surface area contributed by atoms with Gasteiger partial charge in [-0.1, -0.05) is 18.2 Å². The smallest absolute Gasteiger partial charge is 0.319 e. The summed E-state index contributed by atoms with van der Waals surface area (Å²) in [6.45, 7) is 0.389. The monoisotopic (exact) mass is 402 g/mol. The number of pyridine rings is 1. The quantitative estimate of drug-likeness (QED) is 0.520. The van der Waals surface area contributed by atoms with Gasteiger partial charge in [0, 0.05) is 36.4 Å². The Morgan fingerprint density at radius 1 is 0.967 bits per heavy atom. The molecule has 0 spiro atoms. The van der Waals surface area contributed by atoms with Crippen LogP contribution in [0.25, 0.3) is 6.08 Å². The van der Waals surface area contributed by atoms with Crippen molar-refractivity contribution < 1.29 is 14.3 Å². The fourth-order valence-corrected chi connectivity index (χ4v) is 2.63. The lowest BCUT2D eigenvalue weighted by Gasteiger charge is -2.09. The molecule has 7 nitrogen and oxygen atoms in total. The second-order valence-corrected chi connectivity index (χ2v) is 6.34. The highest BCUT2D eigenvalue weighted by atomic mass is 16.5. The molecular formula is C23H22N4O3. The number of anilines is 2. The van der Waals surface area contributed by atoms with Crippen LogP contribution in [0.2, 0.25) is 0 Å². The Morgan fingerprint density at radius 3 is 2.47 bits per heavy atom. The first-order valence-corrected chi connectivity index (χ1v) is 9.29. The molecule has 2 aromatic carbocycles. The molecule has 0 radical (unpaired) electrons. The Bertz CT molecular complexity index is 1040. The summed E-state index contributed by atoms with van der Waals surface area (Å²) in [6.07, 6.45) is 6.48. The van der Waals surface area contributed by atoms with Crippen LogP contribution in [-0.2, 0) is 11.3 Å². The van der Waals surface area contributed by atoms with Crippen molar-refractivity contribution in [3.05, 3.63) is 90.3 Å². The molecule has 3 aromatic rings. The highest BCUT2D eigenvalue weighted by Gasteiger charge is 2.04. The summed E-state index contributed by atoms with van der Waals surface area (Å²) in [5.74, 6) is 0.440. The van der Waals surface area contributed by atoms with E-state index in [4.69, 9.17) is 4.74 Å². The van der Waals surface area contributed by atoms with Gasteiger partial charge in [-0.25, -0.2) is 4.79 Å². The van der Waals surface area contributed by atoms with Crippen LogP contribution in [0.15, 0.2) is 79.1 Å². The van der Waals surface area contributed by atoms with Gasteiger partial charge in [0.15, 0.2) is 0 Å². The number of nitrogens with zero attached hydrogens (tertiary/aromatic N) is 1. The van der Waals surface area contributed by atoms with Gasteiger partial charge in [0.1, 0.15) is 5.75 Å². The van der Waals surface area contributed by atoms with Gasteiger partial charge in [-0.05, 0) is 59.7 Å². The summed E-state index contributed by atoms with van der Waals surface area (Å²) < 4.78 is 5.17. The Hall–Kier alpha value is -4.13. The Balaban J connectivity index is 1.53. The third-order valence-electron chi connectivity index (χ3n) is 4.11. The molecule has 0 atom stereocenters. The summed E-state index contributed by atoms with van der Waals surface area (Å²) in [5.41, 5.74) is 2.94. The van der Waals surface area contributed by atoms with Crippen LogP contribution >= 0.6 is 0 Å². The molecule has 0 saturated carbocycles. The highest BCUT2D eigenvalue weighted by molar-refractivity contribution is 6.02. The molecule has 30 heavy (non-hydrogen) atoms. The normalized spacial score (nSPS) is 10.4. The Kier molecular flexibility index (Phi) is 7.16. The molecule has 7 heteroatoms. The summed E-state index contributed by atoms with van der Waals surface area (Å²) in [5, 5.41) is 8.29. The number of urea groups is 1. The zero-order valence-corrected chi connectivity index (χ0v) is 16.5. The molecule has 0 saturated heterocycles. The third kappa shape index (κ3) is 6.49. The number of hydrogen-bond acceptors (Lipinski definition) is 4. The number of rotatable bonds is 7. The van der Waals surface area contributed by atoms with E-state index < -0.39 is 0 Å². The first-order chi connectivity index (χ1) is 14.6. The first-order valence-electron chi connectivity index (χ1n) is 9.29. The number of hydrogen-bond donors (Lipinski definition) is 3. The van der Waals surface area contributed by atoms with Crippen LogP contribution in [0.1, 0.15) is 11.1 Å². The van der Waals surface area contributed by atoms with Crippen molar-refractivity contribution in [3.63, 3.8) is 0 Å². The summed E-state index contributed by atoms with van der Waals surface area (Å²) in [6, 6.07) is 17.6. The number of carbonyl (C=O) groups is 2. The molecule has 3 amide bonds. The number of ether oxygens (including phenoxy) is 1. The maximum atomic E-state index is 12.2. The number of carbonyl (C=O) groups excluding carboxylic acids is 2. The lowest BCUT2D eigenvalue weighted by molar-refractivity contribution is -0.111. The van der Waals surface area contributed by atoms with Gasteiger partial charge in [-0.15, -0.1) is 0 Å². The second-order valence-electron chi connectivity index (χ2n) is 6.34. The van der Waals surface area contributed by atoms with Gasteiger partial charge in [-0.2, -0.15) is 0 Å². The highest BCUT2D eigenvalue weighted by Crippen LogP contribution is 2.16. The van der Waals surface area contributed by atoms with Gasteiger partial charge in [0.25, 0.3) is 0 Å². The maximum absolute atomic E-state index is 12.2. The van der Waals surface area contributed by atoms with Crippen LogP contribution in [-0.4, -0.2) is 24.0 Å². The van der Waals surface area contributed by atoms with Crippen molar-refractivity contribution in [2.45, 2.75) is 6.54 Å². The molecule has 0 bridgehead atoms. The number of nitrogens with one attached hydrogen (secondary N) is 3. The van der Waals surface area contributed by atoms with Crippen LogP contribution in [0, 0.1) is 0 Å². The molecule has 3 rings (SSSR count). The second kappa shape index (κ2) is 10.4. The number of benzene rings is 2. The van der Waals surface area contributed by atoms with Crippen molar-refractivity contribution >= 4 is 29.4 Å². The van der Waals surface area contributed by atoms with Gasteiger partial charge in [0.2, 0.25) is 5.91 Å². The SMILES string of the molecule is COc1cccc(/C=C/C(=O)Nc2cccc(NC(=O)NCc3ccncc3)c2)c1. The number of methoxy groups -OCH3 is 1. The summed E-state index contributed by atoms with van der Waals surface area (Å²) >= 11 is 0. The van der Waals surface area contributed by atoms with E-state index in [2.05, 4.69) is 20.9 Å². The van der Waals surface area contributed by atoms with Crippen molar-refractivity contribution in [1.82, 2.24) is 10.3 Å². The standard InChI is InChI=1S/C23H22N4O3/c1-30-21-7-2-4-17(14-21)8-9-22(28)26-19-5-3-6-20(15-19)27-23(29)25-16-18-10-12-24-13-11-18/h2-15H,16H2,1H3,(H,26,28)(H2,25,27,29)/b9-8+. The predicted octanol–water partition coefficient (Wildman–Crippen LogP) is 4.06. The van der Waals surface area contributed by atoms with Crippen LogP contribution in [0.4, 0.5) is 16.2 Å². The fraction of sp³-hybridized carbons (Fsp3) is 0.0870. The molecule has 0 aliphatic carbocycles. The van der Waals surface area contributed by atoms with Crippen LogP contribution in [0.3, 0.4) is 0 Å². The maximum Gasteiger partial charge on any atom is 0.319 e. The van der Waals surface area contributed by atoms with Crippen molar-refractivity contribution in [2.75, 3.05) is 17.7 Å². The minimum atomic E-state index is -0.340. The largest absolute Gasteiger partial charge is 0.497 e. The minimum absolute atomic E-state index is 0.280. The molecule has 0 aliphatic heterocycles. The molecule has 0 aliphatic rings. The van der Waals surface area contributed by atoms with Gasteiger partial charge in [-0.3, -0.25) is 9.78 Å². The zero-order valence-electron chi connectivity index (χ0n) is 16.5. The van der Waals surface area contributed by atoms with E-state index in [1.807, 2.05) is 36.4 Å². The Labute approximate surface area is 174 Å². The molecule has 152 valence electrons. The van der Waals surface area contributed by atoms with Gasteiger partial charge >= 0.3 is 6.03 Å². The van der Waals surface area contributed by atoms with E-state index in [0.29, 0.717) is 17.9 Å². The van der Waals surface area contributed by atoms with Gasteiger partial charge < -0.3 is 20.7 Å². The van der Waals surface area contributed by atoms with Crippen molar-refractivity contribution in [1.29, 1.82) is 0 Å². The zero-order chi connectivity index (χ0) is 21.2. The molecule has 3 N–H and O–H groups in total. The van der Waals surface area contributed by atoms with Crippen molar-refractivity contribution in [3.8, 4) is 5.75 Å². The lowest BCUT2D eigenvalue weighted by Crippen LogP contribution is -2.28. The van der Waals surface area contributed by atoms with Crippen LogP contribution in [0.5, 0.6) is 5.75 Å². The fourth-order valence-electron chi connectivity index (χ4n) is 2.63. The topological polar surface area (TPSA) is 92.4 Å². The molecule has 0 fully saturated rings. The Morgan fingerprint density at radius 2 is 1.70 bits per heavy atom. The van der Waals surface area contributed by atoms with E-state index in [1.165, 1.54) is 6.08 Å². The summed E-state index contributed by atoms with van der Waals surface area (Å²) in [4.78, 5) is 28.2. The van der Waals surface area contributed by atoms with Crippen LogP contribution < -0.4 is 20.7 Å². The lowest BCUT2D eigenvalue weighted by atomic mass is 10.2. The van der Waals surface area contributed by atoms with E-state index >= 15 is 0 Å². The van der Waals surface area contributed by atoms with E-state index in [9.17, 15) is 9.59 Å². The average molecular weight is 402 g/mol. The molecular weight excluding hydrogens is 380 g/mol. The number of aromatic nitrogens is 1. The van der Waals surface area contributed by atoms with Gasteiger partial charge in [0.05, 0.1) is 7.11 Å². The molecule has 0 unspecified atom stereocenters. The predicted molar refractivity (Wildman–Crippen MR) is 117 cm³/mol. The average Bonchev–Trinajstić information content (AvgIpc) is 2.77.